The summed E-state index contributed by atoms with van der Waals surface area (Å²) in [6.45, 7) is 3.85. The minimum atomic E-state index is -3.58. The number of sulfonamides is 1. The van der Waals surface area contributed by atoms with E-state index in [2.05, 4.69) is 26.3 Å². The number of anilines is 1. The first-order valence-corrected chi connectivity index (χ1v) is 14.5. The maximum absolute atomic E-state index is 12.9. The predicted molar refractivity (Wildman–Crippen MR) is 143 cm³/mol. The second kappa shape index (κ2) is 10.2. The fourth-order valence-electron chi connectivity index (χ4n) is 4.63. The second-order valence-electron chi connectivity index (χ2n) is 9.25. The second-order valence-corrected chi connectivity index (χ2v) is 12.3. The number of para-hydroxylation sites is 1. The molecule has 1 unspecified atom stereocenters. The molecule has 36 heavy (non-hydrogen) atoms. The third kappa shape index (κ3) is 5.11. The Morgan fingerprint density at radius 3 is 2.53 bits per heavy atom. The highest BCUT2D eigenvalue weighted by Crippen LogP contribution is 2.28. The molecule has 4 aromatic rings. The van der Waals surface area contributed by atoms with E-state index in [1.165, 1.54) is 23.9 Å². The molecule has 188 valence electrons. The molecule has 0 radical (unpaired) electrons. The van der Waals surface area contributed by atoms with Crippen LogP contribution < -0.4 is 10.0 Å². The molecule has 1 aliphatic carbocycles. The summed E-state index contributed by atoms with van der Waals surface area (Å²) < 4.78 is 30.2. The smallest absolute Gasteiger partial charge is 0.240 e. The molecule has 1 saturated carbocycles. The van der Waals surface area contributed by atoms with Gasteiger partial charge in [0.15, 0.2) is 10.8 Å². The Morgan fingerprint density at radius 2 is 1.78 bits per heavy atom. The van der Waals surface area contributed by atoms with Gasteiger partial charge in [-0.1, -0.05) is 49.2 Å². The molecule has 0 aliphatic heterocycles. The zero-order valence-electron chi connectivity index (χ0n) is 20.3. The number of carbonyl (C=O) groups excluding carboxylic acids is 1. The number of rotatable bonds is 7. The van der Waals surface area contributed by atoms with Crippen LogP contribution in [0.25, 0.3) is 16.6 Å². The van der Waals surface area contributed by atoms with Crippen molar-refractivity contribution in [2.75, 3.05) is 5.32 Å². The highest BCUT2D eigenvalue weighted by molar-refractivity contribution is 8.00. The zero-order chi connectivity index (χ0) is 25.3. The number of amides is 1. The SMILES string of the molecule is Cc1cc2nnc(SC(C)C(=O)Nc3ccc(S(=O)(=O)NC4CCCCC4)cc3)n2c2ccccc12. The van der Waals surface area contributed by atoms with Gasteiger partial charge < -0.3 is 5.32 Å². The van der Waals surface area contributed by atoms with Gasteiger partial charge in [0.05, 0.1) is 15.7 Å². The van der Waals surface area contributed by atoms with E-state index < -0.39 is 15.3 Å². The van der Waals surface area contributed by atoms with Gasteiger partial charge in [0.25, 0.3) is 0 Å². The van der Waals surface area contributed by atoms with Gasteiger partial charge in [-0.05, 0) is 68.7 Å². The fraction of sp³-hybridized carbons (Fsp3) is 0.346. The van der Waals surface area contributed by atoms with Gasteiger partial charge in [-0.15, -0.1) is 10.2 Å². The molecule has 8 nitrogen and oxygen atoms in total. The van der Waals surface area contributed by atoms with Crippen LogP contribution in [0.15, 0.2) is 64.6 Å². The Morgan fingerprint density at radius 1 is 1.06 bits per heavy atom. The monoisotopic (exact) mass is 523 g/mol. The summed E-state index contributed by atoms with van der Waals surface area (Å²) >= 11 is 1.33. The summed E-state index contributed by atoms with van der Waals surface area (Å²) in [5.41, 5.74) is 3.38. The molecule has 1 aliphatic rings. The molecule has 2 aromatic heterocycles. The molecule has 1 atom stereocenters. The molecule has 2 aromatic carbocycles. The summed E-state index contributed by atoms with van der Waals surface area (Å²) in [6, 6.07) is 16.3. The maximum atomic E-state index is 12.9. The Kier molecular flexibility index (Phi) is 7.00. The van der Waals surface area contributed by atoms with Crippen molar-refractivity contribution in [3.63, 3.8) is 0 Å². The topological polar surface area (TPSA) is 105 Å². The molecule has 2 N–H and O–H groups in total. The third-order valence-electron chi connectivity index (χ3n) is 6.58. The Balaban J connectivity index is 1.27. The van der Waals surface area contributed by atoms with Crippen molar-refractivity contribution in [2.24, 2.45) is 0 Å². The Hall–Kier alpha value is -2.95. The number of nitrogens with zero attached hydrogens (tertiary/aromatic N) is 3. The average molecular weight is 524 g/mol. The standard InChI is InChI=1S/C26H29N5O3S2/c1-17-16-24-28-29-26(31(24)23-11-7-6-10-22(17)23)35-18(2)25(32)27-19-12-14-21(15-13-19)36(33,34)30-20-8-4-3-5-9-20/h6-7,10-16,18,20,30H,3-5,8-9H2,1-2H3,(H,27,32). The number of pyridine rings is 1. The van der Waals surface area contributed by atoms with Crippen molar-refractivity contribution in [3.8, 4) is 0 Å². The normalized spacial score (nSPS) is 15.8. The van der Waals surface area contributed by atoms with Crippen molar-refractivity contribution in [3.05, 3.63) is 60.2 Å². The summed E-state index contributed by atoms with van der Waals surface area (Å²) in [4.78, 5) is 13.1. The first-order valence-electron chi connectivity index (χ1n) is 12.2. The molecule has 5 rings (SSSR count). The number of nitrogens with one attached hydrogen (secondary N) is 2. The number of hydrogen-bond donors (Lipinski definition) is 2. The largest absolute Gasteiger partial charge is 0.325 e. The third-order valence-corrected chi connectivity index (χ3v) is 9.16. The quantitative estimate of drug-likeness (QED) is 0.333. The van der Waals surface area contributed by atoms with Crippen molar-refractivity contribution < 1.29 is 13.2 Å². The highest BCUT2D eigenvalue weighted by Gasteiger charge is 2.23. The van der Waals surface area contributed by atoms with Crippen LogP contribution in [0.1, 0.15) is 44.6 Å². The van der Waals surface area contributed by atoms with Gasteiger partial charge in [-0.3, -0.25) is 9.20 Å². The molecule has 0 bridgehead atoms. The Bertz CT molecular complexity index is 1510. The van der Waals surface area contributed by atoms with Crippen LogP contribution in [-0.4, -0.2) is 40.2 Å². The van der Waals surface area contributed by atoms with E-state index >= 15 is 0 Å². The van der Waals surface area contributed by atoms with Crippen LogP contribution >= 0.6 is 11.8 Å². The van der Waals surface area contributed by atoms with Gasteiger partial charge in [-0.25, -0.2) is 13.1 Å². The van der Waals surface area contributed by atoms with Crippen molar-refractivity contribution in [1.82, 2.24) is 19.3 Å². The van der Waals surface area contributed by atoms with E-state index in [0.29, 0.717) is 10.8 Å². The first kappa shape index (κ1) is 24.7. The summed E-state index contributed by atoms with van der Waals surface area (Å²) in [5.74, 6) is -0.205. The lowest BCUT2D eigenvalue weighted by atomic mass is 9.96. The number of fused-ring (bicyclic) bond motifs is 3. The van der Waals surface area contributed by atoms with E-state index in [1.54, 1.807) is 12.1 Å². The number of benzene rings is 2. The van der Waals surface area contributed by atoms with Crippen LogP contribution in [0.3, 0.4) is 0 Å². The lowest BCUT2D eigenvalue weighted by Gasteiger charge is -2.22. The van der Waals surface area contributed by atoms with Crippen molar-refractivity contribution in [1.29, 1.82) is 0 Å². The van der Waals surface area contributed by atoms with Crippen molar-refractivity contribution >= 4 is 49.9 Å². The molecule has 10 heteroatoms. The van der Waals surface area contributed by atoms with Gasteiger partial charge >= 0.3 is 0 Å². The lowest BCUT2D eigenvalue weighted by Crippen LogP contribution is -2.36. The van der Waals surface area contributed by atoms with Gasteiger partial charge in [0, 0.05) is 17.1 Å². The fourth-order valence-corrected chi connectivity index (χ4v) is 6.80. The number of carbonyl (C=O) groups is 1. The van der Waals surface area contributed by atoms with Crippen LogP contribution in [0.4, 0.5) is 5.69 Å². The molecule has 2 heterocycles. The first-order chi connectivity index (χ1) is 17.3. The molecule has 1 amide bonds. The van der Waals surface area contributed by atoms with Crippen LogP contribution in [0.2, 0.25) is 0 Å². The number of thioether (sulfide) groups is 1. The lowest BCUT2D eigenvalue weighted by molar-refractivity contribution is -0.115. The number of aryl methyl sites for hydroxylation is 1. The zero-order valence-corrected chi connectivity index (χ0v) is 21.9. The van der Waals surface area contributed by atoms with E-state index in [-0.39, 0.29) is 16.8 Å². The van der Waals surface area contributed by atoms with Crippen LogP contribution in [0, 0.1) is 6.92 Å². The van der Waals surface area contributed by atoms with Gasteiger partial charge in [0.1, 0.15) is 0 Å². The summed E-state index contributed by atoms with van der Waals surface area (Å²) in [7, 11) is -3.58. The minimum absolute atomic E-state index is 0.00437. The maximum Gasteiger partial charge on any atom is 0.240 e. The molecule has 0 spiro atoms. The van der Waals surface area contributed by atoms with Gasteiger partial charge in [0.2, 0.25) is 15.9 Å². The minimum Gasteiger partial charge on any atom is -0.325 e. The molecule has 0 saturated heterocycles. The van der Waals surface area contributed by atoms with Crippen LogP contribution in [0.5, 0.6) is 0 Å². The predicted octanol–water partition coefficient (Wildman–Crippen LogP) is 4.92. The number of aromatic nitrogens is 3. The average Bonchev–Trinajstić information content (AvgIpc) is 3.27. The summed E-state index contributed by atoms with van der Waals surface area (Å²) in [5, 5.41) is 12.8. The van der Waals surface area contributed by atoms with E-state index in [9.17, 15) is 13.2 Å². The highest BCUT2D eigenvalue weighted by atomic mass is 32.2. The van der Waals surface area contributed by atoms with Gasteiger partial charge in [-0.2, -0.15) is 0 Å². The molecule has 1 fully saturated rings. The van der Waals surface area contributed by atoms with Crippen LogP contribution in [-0.2, 0) is 14.8 Å². The molecular weight excluding hydrogens is 494 g/mol. The van der Waals surface area contributed by atoms with Crippen molar-refractivity contribution in [2.45, 2.75) is 67.3 Å². The summed E-state index contributed by atoms with van der Waals surface area (Å²) in [6.07, 6.45) is 5.01. The van der Waals surface area contributed by atoms with E-state index in [0.717, 1.165) is 54.2 Å². The van der Waals surface area contributed by atoms with E-state index in [4.69, 9.17) is 0 Å². The number of hydrogen-bond acceptors (Lipinski definition) is 6. The van der Waals surface area contributed by atoms with E-state index in [1.807, 2.05) is 42.5 Å². The Labute approximate surface area is 214 Å². The molecular formula is C26H29N5O3S2.